The van der Waals surface area contributed by atoms with Gasteiger partial charge in [-0.2, -0.15) is 5.26 Å². The van der Waals surface area contributed by atoms with Crippen LogP contribution in [0.15, 0.2) is 18.5 Å². The van der Waals surface area contributed by atoms with E-state index in [0.29, 0.717) is 5.56 Å². The Morgan fingerprint density at radius 2 is 2.27 bits per heavy atom. The molecule has 80 valence electrons. The average molecular weight is 203 g/mol. The van der Waals surface area contributed by atoms with Gasteiger partial charge in [0, 0.05) is 11.7 Å². The van der Waals surface area contributed by atoms with Crippen molar-refractivity contribution in [3.05, 3.63) is 24.0 Å². The van der Waals surface area contributed by atoms with E-state index in [0.717, 1.165) is 18.5 Å². The van der Waals surface area contributed by atoms with Crippen LogP contribution >= 0.6 is 0 Å². The molecule has 1 N–H and O–H groups in total. The zero-order valence-corrected chi connectivity index (χ0v) is 9.54. The van der Waals surface area contributed by atoms with Gasteiger partial charge in [0.2, 0.25) is 0 Å². The molecule has 1 aromatic heterocycles. The molecular weight excluding hydrogens is 186 g/mol. The number of nitriles is 1. The summed E-state index contributed by atoms with van der Waals surface area (Å²) >= 11 is 0. The van der Waals surface area contributed by atoms with Crippen molar-refractivity contribution in [3.8, 4) is 6.07 Å². The third-order valence-corrected chi connectivity index (χ3v) is 2.29. The normalized spacial score (nSPS) is 10.8. The lowest BCUT2D eigenvalue weighted by Gasteiger charge is -2.27. The van der Waals surface area contributed by atoms with Crippen LogP contribution in [-0.2, 0) is 0 Å². The Balaban J connectivity index is 2.85. The Morgan fingerprint density at radius 3 is 2.87 bits per heavy atom. The van der Waals surface area contributed by atoms with Crippen molar-refractivity contribution >= 4 is 5.69 Å². The van der Waals surface area contributed by atoms with Gasteiger partial charge < -0.3 is 5.32 Å². The molecular formula is C12H17N3. The number of nitrogens with zero attached hydrogens (tertiary/aromatic N) is 2. The Bertz CT molecular complexity index is 363. The highest BCUT2D eigenvalue weighted by Gasteiger charge is 2.17. The van der Waals surface area contributed by atoms with Gasteiger partial charge in [-0.15, -0.1) is 0 Å². The molecule has 0 spiro atoms. The highest BCUT2D eigenvalue weighted by molar-refractivity contribution is 5.56. The highest BCUT2D eigenvalue weighted by atomic mass is 15.0. The van der Waals surface area contributed by atoms with Crippen LogP contribution in [0.5, 0.6) is 0 Å². The third-order valence-electron chi connectivity index (χ3n) is 2.29. The minimum absolute atomic E-state index is 0.00336. The topological polar surface area (TPSA) is 48.7 Å². The van der Waals surface area contributed by atoms with Crippen molar-refractivity contribution in [1.82, 2.24) is 4.98 Å². The van der Waals surface area contributed by atoms with Gasteiger partial charge in [0.05, 0.1) is 17.4 Å². The molecule has 0 saturated carbocycles. The quantitative estimate of drug-likeness (QED) is 0.818. The van der Waals surface area contributed by atoms with Gasteiger partial charge in [-0.25, -0.2) is 0 Å². The van der Waals surface area contributed by atoms with Crippen LogP contribution in [0.4, 0.5) is 5.69 Å². The summed E-state index contributed by atoms with van der Waals surface area (Å²) in [7, 11) is 0. The molecule has 0 bridgehead atoms. The van der Waals surface area contributed by atoms with Crippen LogP contribution in [-0.4, -0.2) is 10.5 Å². The van der Waals surface area contributed by atoms with E-state index < -0.39 is 0 Å². The minimum atomic E-state index is 0.00336. The number of rotatable bonds is 4. The first-order valence-electron chi connectivity index (χ1n) is 5.21. The summed E-state index contributed by atoms with van der Waals surface area (Å²) in [4.78, 5) is 4.02. The van der Waals surface area contributed by atoms with E-state index >= 15 is 0 Å². The third kappa shape index (κ3) is 3.25. The predicted molar refractivity (Wildman–Crippen MR) is 61.6 cm³/mol. The van der Waals surface area contributed by atoms with Crippen molar-refractivity contribution in [2.75, 3.05) is 5.32 Å². The molecule has 3 heteroatoms. The molecule has 0 unspecified atom stereocenters. The van der Waals surface area contributed by atoms with E-state index in [4.69, 9.17) is 5.26 Å². The molecule has 1 rings (SSSR count). The van der Waals surface area contributed by atoms with Gasteiger partial charge in [0.15, 0.2) is 0 Å². The van der Waals surface area contributed by atoms with E-state index in [1.54, 1.807) is 18.5 Å². The summed E-state index contributed by atoms with van der Waals surface area (Å²) in [5, 5.41) is 12.3. The molecule has 1 heterocycles. The second kappa shape index (κ2) is 4.79. The Morgan fingerprint density at radius 1 is 1.53 bits per heavy atom. The van der Waals surface area contributed by atoms with Crippen LogP contribution in [0, 0.1) is 11.3 Å². The van der Waals surface area contributed by atoms with Crippen molar-refractivity contribution in [3.63, 3.8) is 0 Å². The van der Waals surface area contributed by atoms with Crippen LogP contribution in [0.25, 0.3) is 0 Å². The second-order valence-corrected chi connectivity index (χ2v) is 4.29. The molecule has 0 aliphatic carbocycles. The summed E-state index contributed by atoms with van der Waals surface area (Å²) in [6.07, 6.45) is 5.52. The molecule has 1 aromatic rings. The standard InChI is InChI=1S/C12H17N3/c1-4-6-12(2,3)15-11-9-14-7-5-10(11)8-13/h5,7,9,15H,4,6H2,1-3H3. The number of nitrogens with one attached hydrogen (secondary N) is 1. The van der Waals surface area contributed by atoms with E-state index in [1.165, 1.54) is 0 Å². The lowest BCUT2D eigenvalue weighted by atomic mass is 9.98. The Kier molecular flexibility index (Phi) is 3.68. The molecule has 0 radical (unpaired) electrons. The number of hydrogen-bond donors (Lipinski definition) is 1. The van der Waals surface area contributed by atoms with Gasteiger partial charge in [-0.05, 0) is 26.3 Å². The summed E-state index contributed by atoms with van der Waals surface area (Å²) in [6, 6.07) is 3.88. The maximum absolute atomic E-state index is 8.93. The van der Waals surface area contributed by atoms with E-state index in [9.17, 15) is 0 Å². The maximum atomic E-state index is 8.93. The fourth-order valence-corrected chi connectivity index (χ4v) is 1.64. The molecule has 0 saturated heterocycles. The van der Waals surface area contributed by atoms with Crippen LogP contribution in [0.2, 0.25) is 0 Å². The highest BCUT2D eigenvalue weighted by Crippen LogP contribution is 2.21. The molecule has 0 aliphatic rings. The zero-order chi connectivity index (χ0) is 11.3. The monoisotopic (exact) mass is 203 g/mol. The number of aromatic nitrogens is 1. The second-order valence-electron chi connectivity index (χ2n) is 4.29. The van der Waals surface area contributed by atoms with Crippen molar-refractivity contribution in [2.24, 2.45) is 0 Å². The first kappa shape index (κ1) is 11.5. The number of hydrogen-bond acceptors (Lipinski definition) is 3. The van der Waals surface area contributed by atoms with Gasteiger partial charge in [-0.3, -0.25) is 4.98 Å². The smallest absolute Gasteiger partial charge is 0.101 e. The molecule has 0 aromatic carbocycles. The summed E-state index contributed by atoms with van der Waals surface area (Å²) in [5.41, 5.74) is 1.47. The van der Waals surface area contributed by atoms with E-state index in [-0.39, 0.29) is 5.54 Å². The van der Waals surface area contributed by atoms with Gasteiger partial charge in [0.25, 0.3) is 0 Å². The first-order valence-corrected chi connectivity index (χ1v) is 5.21. The molecule has 0 aliphatic heterocycles. The Labute approximate surface area is 91.1 Å². The number of anilines is 1. The van der Waals surface area contributed by atoms with Crippen molar-refractivity contribution in [1.29, 1.82) is 5.26 Å². The van der Waals surface area contributed by atoms with Gasteiger partial charge in [0.1, 0.15) is 6.07 Å². The van der Waals surface area contributed by atoms with Crippen LogP contribution in [0.1, 0.15) is 39.2 Å². The van der Waals surface area contributed by atoms with Gasteiger partial charge >= 0.3 is 0 Å². The lowest BCUT2D eigenvalue weighted by Crippen LogP contribution is -2.30. The molecule has 0 atom stereocenters. The molecule has 0 fully saturated rings. The fourth-order valence-electron chi connectivity index (χ4n) is 1.64. The van der Waals surface area contributed by atoms with Gasteiger partial charge in [-0.1, -0.05) is 13.3 Å². The molecule has 0 amide bonds. The van der Waals surface area contributed by atoms with E-state index in [2.05, 4.69) is 37.1 Å². The summed E-state index contributed by atoms with van der Waals surface area (Å²) < 4.78 is 0. The predicted octanol–water partition coefficient (Wildman–Crippen LogP) is 2.94. The zero-order valence-electron chi connectivity index (χ0n) is 9.54. The van der Waals surface area contributed by atoms with Crippen LogP contribution in [0.3, 0.4) is 0 Å². The SMILES string of the molecule is CCCC(C)(C)Nc1cnccc1C#N. The maximum Gasteiger partial charge on any atom is 0.101 e. The fraction of sp³-hybridized carbons (Fsp3) is 0.500. The van der Waals surface area contributed by atoms with Crippen molar-refractivity contribution < 1.29 is 0 Å². The largest absolute Gasteiger partial charge is 0.378 e. The number of pyridine rings is 1. The summed E-state index contributed by atoms with van der Waals surface area (Å²) in [5.74, 6) is 0. The Hall–Kier alpha value is -1.56. The van der Waals surface area contributed by atoms with E-state index in [1.807, 2.05) is 0 Å². The summed E-state index contributed by atoms with van der Waals surface area (Å²) in [6.45, 7) is 6.41. The van der Waals surface area contributed by atoms with Crippen molar-refractivity contribution in [2.45, 2.75) is 39.2 Å². The molecule has 15 heavy (non-hydrogen) atoms. The minimum Gasteiger partial charge on any atom is -0.378 e. The first-order chi connectivity index (χ1) is 7.09. The lowest BCUT2D eigenvalue weighted by molar-refractivity contribution is 0.510. The molecule has 3 nitrogen and oxygen atoms in total. The van der Waals surface area contributed by atoms with Crippen LogP contribution < -0.4 is 5.32 Å². The average Bonchev–Trinajstić information content (AvgIpc) is 2.17.